The molecule has 0 saturated carbocycles. The zero-order chi connectivity index (χ0) is 13.0. The van der Waals surface area contributed by atoms with Crippen molar-refractivity contribution in [3.05, 3.63) is 0 Å². The van der Waals surface area contributed by atoms with E-state index >= 15 is 0 Å². The van der Waals surface area contributed by atoms with Gasteiger partial charge in [0.1, 0.15) is 0 Å². The van der Waals surface area contributed by atoms with E-state index in [1.165, 1.54) is 52.0 Å². The van der Waals surface area contributed by atoms with E-state index in [0.29, 0.717) is 18.1 Å². The lowest BCUT2D eigenvalue weighted by Gasteiger charge is -2.39. The number of nitrogens with zero attached hydrogens (tertiary/aromatic N) is 2. The second kappa shape index (κ2) is 6.85. The lowest BCUT2D eigenvalue weighted by atomic mass is 10.00. The molecule has 0 aromatic carbocycles. The predicted octanol–water partition coefficient (Wildman–Crippen LogP) is 0.482. The summed E-state index contributed by atoms with van der Waals surface area (Å²) >= 11 is 0. The van der Waals surface area contributed by atoms with Crippen molar-refractivity contribution < 1.29 is 0 Å². The molecule has 2 saturated heterocycles. The normalized spacial score (nSPS) is 30.5. The molecule has 0 aliphatic carbocycles. The van der Waals surface area contributed by atoms with Crippen molar-refractivity contribution in [2.24, 2.45) is 5.73 Å². The summed E-state index contributed by atoms with van der Waals surface area (Å²) in [6.45, 7) is 11.8. The van der Waals surface area contributed by atoms with E-state index in [1.54, 1.807) is 0 Å². The van der Waals surface area contributed by atoms with E-state index in [0.717, 1.165) is 6.54 Å². The van der Waals surface area contributed by atoms with Gasteiger partial charge in [-0.1, -0.05) is 6.92 Å². The van der Waals surface area contributed by atoms with Crippen molar-refractivity contribution >= 4 is 0 Å². The van der Waals surface area contributed by atoms with Gasteiger partial charge in [-0.05, 0) is 45.8 Å². The van der Waals surface area contributed by atoms with Gasteiger partial charge in [0.2, 0.25) is 0 Å². The summed E-state index contributed by atoms with van der Waals surface area (Å²) in [5.41, 5.74) is 5.97. The van der Waals surface area contributed by atoms with Gasteiger partial charge < -0.3 is 20.9 Å². The van der Waals surface area contributed by atoms with Crippen molar-refractivity contribution in [3.8, 4) is 0 Å². The van der Waals surface area contributed by atoms with Crippen LogP contribution in [0.25, 0.3) is 0 Å². The van der Waals surface area contributed by atoms with Gasteiger partial charge in [0.25, 0.3) is 0 Å². The zero-order valence-corrected chi connectivity index (χ0v) is 12.1. The summed E-state index contributed by atoms with van der Waals surface area (Å²) in [7, 11) is 0. The molecule has 0 bridgehead atoms. The van der Waals surface area contributed by atoms with Crippen LogP contribution in [0.4, 0.5) is 0 Å². The molecular weight excluding hydrogens is 224 g/mol. The first-order chi connectivity index (χ1) is 8.69. The Balaban J connectivity index is 1.74. The largest absolute Gasteiger partial charge is 0.328 e. The van der Waals surface area contributed by atoms with E-state index in [-0.39, 0.29) is 0 Å². The summed E-state index contributed by atoms with van der Waals surface area (Å²) in [4.78, 5) is 5.18. The number of piperidine rings is 1. The minimum absolute atomic E-state index is 0.442. The molecule has 106 valence electrons. The molecule has 0 spiro atoms. The minimum Gasteiger partial charge on any atom is -0.328 e. The number of rotatable bonds is 4. The number of hydrogen-bond acceptors (Lipinski definition) is 4. The molecule has 2 fully saturated rings. The number of nitrogens with two attached hydrogens (primary N) is 1. The summed E-state index contributed by atoms with van der Waals surface area (Å²) in [5.74, 6) is 0. The Labute approximate surface area is 112 Å². The van der Waals surface area contributed by atoms with Crippen LogP contribution in [0.5, 0.6) is 0 Å². The Morgan fingerprint density at radius 3 is 2.67 bits per heavy atom. The zero-order valence-electron chi connectivity index (χ0n) is 12.1. The SMILES string of the molecule is CCN1CCNC(CC(C)N2CCC(N)CC2)C1. The molecule has 0 amide bonds. The average Bonchev–Trinajstić information content (AvgIpc) is 2.39. The smallest absolute Gasteiger partial charge is 0.0210 e. The number of likely N-dealkylation sites (N-methyl/N-ethyl adjacent to an activating group) is 1. The number of piperazine rings is 1. The molecule has 2 rings (SSSR count). The minimum atomic E-state index is 0.442. The molecule has 2 unspecified atom stereocenters. The highest BCUT2D eigenvalue weighted by Crippen LogP contribution is 2.16. The van der Waals surface area contributed by atoms with E-state index in [9.17, 15) is 0 Å². The van der Waals surface area contributed by atoms with Crippen LogP contribution >= 0.6 is 0 Å². The lowest BCUT2D eigenvalue weighted by Crippen LogP contribution is -2.53. The average molecular weight is 254 g/mol. The topological polar surface area (TPSA) is 44.5 Å². The fourth-order valence-corrected chi connectivity index (χ4v) is 3.26. The van der Waals surface area contributed by atoms with Crippen molar-refractivity contribution in [3.63, 3.8) is 0 Å². The van der Waals surface area contributed by atoms with Gasteiger partial charge in [-0.3, -0.25) is 0 Å². The third-order valence-corrected chi connectivity index (χ3v) is 4.61. The second-order valence-corrected chi connectivity index (χ2v) is 6.00. The monoisotopic (exact) mass is 254 g/mol. The van der Waals surface area contributed by atoms with E-state index in [1.807, 2.05) is 0 Å². The molecule has 4 heteroatoms. The fraction of sp³-hybridized carbons (Fsp3) is 1.00. The maximum atomic E-state index is 5.97. The lowest BCUT2D eigenvalue weighted by molar-refractivity contribution is 0.127. The molecule has 4 nitrogen and oxygen atoms in total. The quantitative estimate of drug-likeness (QED) is 0.766. The van der Waals surface area contributed by atoms with Gasteiger partial charge >= 0.3 is 0 Å². The van der Waals surface area contributed by atoms with Gasteiger partial charge in [-0.25, -0.2) is 0 Å². The van der Waals surface area contributed by atoms with E-state index in [2.05, 4.69) is 29.0 Å². The Bertz CT molecular complexity index is 238. The van der Waals surface area contributed by atoms with Crippen LogP contribution in [-0.4, -0.2) is 67.2 Å². The third kappa shape index (κ3) is 3.92. The van der Waals surface area contributed by atoms with Crippen LogP contribution in [-0.2, 0) is 0 Å². The number of hydrogen-bond donors (Lipinski definition) is 2. The van der Waals surface area contributed by atoms with Gasteiger partial charge in [0.05, 0.1) is 0 Å². The van der Waals surface area contributed by atoms with Crippen molar-refractivity contribution in [2.75, 3.05) is 39.3 Å². The maximum absolute atomic E-state index is 5.97. The van der Waals surface area contributed by atoms with E-state index in [4.69, 9.17) is 5.73 Å². The summed E-state index contributed by atoms with van der Waals surface area (Å²) < 4.78 is 0. The number of likely N-dealkylation sites (tertiary alicyclic amines) is 1. The standard InChI is InChI=1S/C14H30N4/c1-3-17-9-6-16-14(11-17)10-12(2)18-7-4-13(15)5-8-18/h12-14,16H,3-11,15H2,1-2H3. The van der Waals surface area contributed by atoms with Crippen LogP contribution in [0.3, 0.4) is 0 Å². The van der Waals surface area contributed by atoms with Crippen LogP contribution in [0.2, 0.25) is 0 Å². The molecular formula is C14H30N4. The van der Waals surface area contributed by atoms with Gasteiger partial charge in [0.15, 0.2) is 0 Å². The van der Waals surface area contributed by atoms with Gasteiger partial charge in [-0.15, -0.1) is 0 Å². The van der Waals surface area contributed by atoms with Crippen molar-refractivity contribution in [2.45, 2.75) is 51.2 Å². The molecule has 18 heavy (non-hydrogen) atoms. The summed E-state index contributed by atoms with van der Waals surface area (Å²) in [6, 6.07) is 1.80. The fourth-order valence-electron chi connectivity index (χ4n) is 3.26. The predicted molar refractivity (Wildman–Crippen MR) is 76.8 cm³/mol. The molecule has 0 aromatic rings. The Morgan fingerprint density at radius 2 is 2.00 bits per heavy atom. The third-order valence-electron chi connectivity index (χ3n) is 4.61. The first-order valence-electron chi connectivity index (χ1n) is 7.64. The highest BCUT2D eigenvalue weighted by molar-refractivity contribution is 4.84. The first-order valence-corrected chi connectivity index (χ1v) is 7.64. The van der Waals surface area contributed by atoms with Crippen LogP contribution in [0.1, 0.15) is 33.1 Å². The highest BCUT2D eigenvalue weighted by Gasteiger charge is 2.25. The van der Waals surface area contributed by atoms with Crippen LogP contribution in [0.15, 0.2) is 0 Å². The second-order valence-electron chi connectivity index (χ2n) is 6.00. The van der Waals surface area contributed by atoms with Gasteiger partial charge in [-0.2, -0.15) is 0 Å². The Kier molecular flexibility index (Phi) is 5.42. The molecule has 0 aromatic heterocycles. The van der Waals surface area contributed by atoms with Crippen molar-refractivity contribution in [1.29, 1.82) is 0 Å². The highest BCUT2D eigenvalue weighted by atomic mass is 15.2. The molecule has 2 atom stereocenters. The Morgan fingerprint density at radius 1 is 1.28 bits per heavy atom. The molecule has 2 aliphatic rings. The molecule has 0 radical (unpaired) electrons. The molecule has 2 aliphatic heterocycles. The van der Waals surface area contributed by atoms with Crippen LogP contribution in [0, 0.1) is 0 Å². The molecule has 3 N–H and O–H groups in total. The van der Waals surface area contributed by atoms with Gasteiger partial charge in [0, 0.05) is 37.8 Å². The number of nitrogens with one attached hydrogen (secondary N) is 1. The van der Waals surface area contributed by atoms with E-state index < -0.39 is 0 Å². The summed E-state index contributed by atoms with van der Waals surface area (Å²) in [6.07, 6.45) is 3.61. The summed E-state index contributed by atoms with van der Waals surface area (Å²) in [5, 5.41) is 3.67. The first kappa shape index (κ1) is 14.3. The van der Waals surface area contributed by atoms with Crippen molar-refractivity contribution in [1.82, 2.24) is 15.1 Å². The Hall–Kier alpha value is -0.160. The maximum Gasteiger partial charge on any atom is 0.0210 e. The van der Waals surface area contributed by atoms with Crippen LogP contribution < -0.4 is 11.1 Å². The molecule has 2 heterocycles.